The molecule has 0 heterocycles. The molecule has 21 heavy (non-hydrogen) atoms. The average Bonchev–Trinajstić information content (AvgIpc) is 2.42. The molecule has 0 saturated heterocycles. The quantitative estimate of drug-likeness (QED) is 0.661. The first-order valence-corrected chi connectivity index (χ1v) is 6.25. The molecule has 2 aromatic rings. The number of rotatable bonds is 4. The number of carboxylic acids is 1. The molecular weight excluding hydrogens is 272 g/mol. The van der Waals surface area contributed by atoms with Crippen LogP contribution in [0.25, 0.3) is 0 Å². The summed E-state index contributed by atoms with van der Waals surface area (Å²) in [7, 11) is 0. The third-order valence-electron chi connectivity index (χ3n) is 3.18. The van der Waals surface area contributed by atoms with Crippen LogP contribution >= 0.6 is 0 Å². The number of para-hydroxylation sites is 1. The number of nitro groups is 1. The summed E-state index contributed by atoms with van der Waals surface area (Å²) < 4.78 is 0. The predicted molar refractivity (Wildman–Crippen MR) is 79.3 cm³/mol. The largest absolute Gasteiger partial charge is 0.478 e. The van der Waals surface area contributed by atoms with Crippen molar-refractivity contribution in [2.24, 2.45) is 0 Å². The van der Waals surface area contributed by atoms with Gasteiger partial charge in [0, 0.05) is 11.8 Å². The Hall–Kier alpha value is -2.89. The molecule has 0 aliphatic heterocycles. The molecule has 0 fully saturated rings. The van der Waals surface area contributed by atoms with Crippen molar-refractivity contribution >= 4 is 23.0 Å². The Kier molecular flexibility index (Phi) is 3.89. The normalized spacial score (nSPS) is 10.2. The standard InChI is InChI=1S/C15H14N2O4/c1-9-4-3-5-10(2)14(9)16-12-8-11(15(18)19)6-7-13(12)17(20)21/h3-8,16H,1-2H3,(H,18,19). The number of carboxylic acid groups (broad SMARTS) is 1. The summed E-state index contributed by atoms with van der Waals surface area (Å²) in [5, 5.41) is 23.1. The van der Waals surface area contributed by atoms with Crippen molar-refractivity contribution in [2.45, 2.75) is 13.8 Å². The van der Waals surface area contributed by atoms with Gasteiger partial charge in [-0.25, -0.2) is 4.79 Å². The first-order valence-electron chi connectivity index (χ1n) is 6.25. The molecular formula is C15H14N2O4. The van der Waals surface area contributed by atoms with Crippen LogP contribution in [-0.4, -0.2) is 16.0 Å². The summed E-state index contributed by atoms with van der Waals surface area (Å²) in [4.78, 5) is 21.6. The smallest absolute Gasteiger partial charge is 0.335 e. The van der Waals surface area contributed by atoms with Gasteiger partial charge in [-0.2, -0.15) is 0 Å². The van der Waals surface area contributed by atoms with Crippen LogP contribution in [-0.2, 0) is 0 Å². The highest BCUT2D eigenvalue weighted by Crippen LogP contribution is 2.31. The van der Waals surface area contributed by atoms with Crippen molar-refractivity contribution < 1.29 is 14.8 Å². The SMILES string of the molecule is Cc1cccc(C)c1Nc1cc(C(=O)O)ccc1[N+](=O)[O-]. The number of hydrogen-bond acceptors (Lipinski definition) is 4. The molecule has 2 aromatic carbocycles. The summed E-state index contributed by atoms with van der Waals surface area (Å²) >= 11 is 0. The maximum atomic E-state index is 11.1. The lowest BCUT2D eigenvalue weighted by molar-refractivity contribution is -0.383. The fraction of sp³-hybridized carbons (Fsp3) is 0.133. The van der Waals surface area contributed by atoms with Crippen LogP contribution in [0.3, 0.4) is 0 Å². The molecule has 2 N–H and O–H groups in total. The van der Waals surface area contributed by atoms with Gasteiger partial charge in [-0.15, -0.1) is 0 Å². The van der Waals surface area contributed by atoms with E-state index in [2.05, 4.69) is 5.32 Å². The highest BCUT2D eigenvalue weighted by molar-refractivity contribution is 5.90. The van der Waals surface area contributed by atoms with Crippen LogP contribution in [0.4, 0.5) is 17.1 Å². The predicted octanol–water partition coefficient (Wildman–Crippen LogP) is 3.65. The summed E-state index contributed by atoms with van der Waals surface area (Å²) in [5.41, 5.74) is 2.58. The molecule has 0 unspecified atom stereocenters. The summed E-state index contributed by atoms with van der Waals surface area (Å²) in [6, 6.07) is 9.32. The van der Waals surface area contributed by atoms with E-state index in [1.807, 2.05) is 32.0 Å². The van der Waals surface area contributed by atoms with Gasteiger partial charge in [-0.3, -0.25) is 10.1 Å². The Bertz CT molecular complexity index is 705. The van der Waals surface area contributed by atoms with E-state index >= 15 is 0 Å². The minimum absolute atomic E-state index is 0.00524. The van der Waals surface area contributed by atoms with Crippen LogP contribution in [0.15, 0.2) is 36.4 Å². The molecule has 0 aromatic heterocycles. The zero-order valence-corrected chi connectivity index (χ0v) is 11.6. The fourth-order valence-electron chi connectivity index (χ4n) is 2.07. The zero-order valence-electron chi connectivity index (χ0n) is 11.6. The van der Waals surface area contributed by atoms with Crippen LogP contribution in [0.1, 0.15) is 21.5 Å². The number of aryl methyl sites for hydroxylation is 2. The molecule has 0 amide bonds. The molecule has 0 spiro atoms. The van der Waals surface area contributed by atoms with Gasteiger partial charge in [0.15, 0.2) is 0 Å². The Morgan fingerprint density at radius 2 is 1.81 bits per heavy atom. The monoisotopic (exact) mass is 286 g/mol. The average molecular weight is 286 g/mol. The number of nitrogens with zero attached hydrogens (tertiary/aromatic N) is 1. The van der Waals surface area contributed by atoms with Gasteiger partial charge in [0.2, 0.25) is 0 Å². The molecule has 2 rings (SSSR count). The van der Waals surface area contributed by atoms with E-state index < -0.39 is 10.9 Å². The topological polar surface area (TPSA) is 92.5 Å². The number of anilines is 2. The second-order valence-electron chi connectivity index (χ2n) is 4.69. The van der Waals surface area contributed by atoms with Crippen LogP contribution < -0.4 is 5.32 Å². The summed E-state index contributed by atoms with van der Waals surface area (Å²) in [6.07, 6.45) is 0. The van der Waals surface area contributed by atoms with Crippen molar-refractivity contribution in [3.63, 3.8) is 0 Å². The molecule has 0 aliphatic carbocycles. The third-order valence-corrected chi connectivity index (χ3v) is 3.18. The maximum absolute atomic E-state index is 11.1. The Morgan fingerprint density at radius 1 is 1.19 bits per heavy atom. The minimum Gasteiger partial charge on any atom is -0.478 e. The molecule has 108 valence electrons. The molecule has 6 nitrogen and oxygen atoms in total. The number of aromatic carboxylic acids is 1. The van der Waals surface area contributed by atoms with E-state index in [1.54, 1.807) is 0 Å². The first-order chi connectivity index (χ1) is 9.90. The summed E-state index contributed by atoms with van der Waals surface area (Å²) in [5.74, 6) is -1.13. The van der Waals surface area contributed by atoms with Crippen LogP contribution in [0, 0.1) is 24.0 Å². The Labute approximate surface area is 121 Å². The van der Waals surface area contributed by atoms with E-state index in [9.17, 15) is 14.9 Å². The second kappa shape index (κ2) is 5.62. The van der Waals surface area contributed by atoms with E-state index in [-0.39, 0.29) is 16.9 Å². The fourth-order valence-corrected chi connectivity index (χ4v) is 2.07. The number of nitrogens with one attached hydrogen (secondary N) is 1. The summed E-state index contributed by atoms with van der Waals surface area (Å²) in [6.45, 7) is 3.75. The lowest BCUT2D eigenvalue weighted by atomic mass is 10.1. The van der Waals surface area contributed by atoms with Gasteiger partial charge >= 0.3 is 5.97 Å². The molecule has 0 atom stereocenters. The molecule has 6 heteroatoms. The number of hydrogen-bond donors (Lipinski definition) is 2. The lowest BCUT2D eigenvalue weighted by Crippen LogP contribution is -2.03. The number of nitro benzene ring substituents is 1. The maximum Gasteiger partial charge on any atom is 0.335 e. The first kappa shape index (κ1) is 14.5. The van der Waals surface area contributed by atoms with Crippen molar-refractivity contribution in [2.75, 3.05) is 5.32 Å². The second-order valence-corrected chi connectivity index (χ2v) is 4.69. The van der Waals surface area contributed by atoms with Gasteiger partial charge in [-0.1, -0.05) is 18.2 Å². The van der Waals surface area contributed by atoms with E-state index in [4.69, 9.17) is 5.11 Å². The minimum atomic E-state index is -1.13. The van der Waals surface area contributed by atoms with Gasteiger partial charge < -0.3 is 10.4 Å². The van der Waals surface area contributed by atoms with E-state index in [0.717, 1.165) is 16.8 Å². The van der Waals surface area contributed by atoms with Gasteiger partial charge in [0.25, 0.3) is 5.69 Å². The highest BCUT2D eigenvalue weighted by Gasteiger charge is 2.17. The number of benzene rings is 2. The zero-order chi connectivity index (χ0) is 15.6. The van der Waals surface area contributed by atoms with Crippen LogP contribution in [0.5, 0.6) is 0 Å². The van der Waals surface area contributed by atoms with E-state index in [1.165, 1.54) is 18.2 Å². The van der Waals surface area contributed by atoms with Crippen molar-refractivity contribution in [1.82, 2.24) is 0 Å². The Morgan fingerprint density at radius 3 is 2.33 bits per heavy atom. The van der Waals surface area contributed by atoms with Crippen molar-refractivity contribution in [1.29, 1.82) is 0 Å². The van der Waals surface area contributed by atoms with Gasteiger partial charge in [-0.05, 0) is 37.1 Å². The Balaban J connectivity index is 2.53. The highest BCUT2D eigenvalue weighted by atomic mass is 16.6. The van der Waals surface area contributed by atoms with Crippen LogP contribution in [0.2, 0.25) is 0 Å². The van der Waals surface area contributed by atoms with Gasteiger partial charge in [0.05, 0.1) is 10.5 Å². The van der Waals surface area contributed by atoms with Crippen molar-refractivity contribution in [3.8, 4) is 0 Å². The lowest BCUT2D eigenvalue weighted by Gasteiger charge is -2.13. The molecule has 0 bridgehead atoms. The third kappa shape index (κ3) is 3.00. The number of carbonyl (C=O) groups is 1. The molecule has 0 saturated carbocycles. The molecule has 0 radical (unpaired) electrons. The van der Waals surface area contributed by atoms with Gasteiger partial charge in [0.1, 0.15) is 5.69 Å². The molecule has 0 aliphatic rings. The van der Waals surface area contributed by atoms with Crippen molar-refractivity contribution in [3.05, 3.63) is 63.2 Å². The van der Waals surface area contributed by atoms with E-state index in [0.29, 0.717) is 0 Å².